The molecule has 0 bridgehead atoms. The average molecular weight is 1340 g/mol. The highest BCUT2D eigenvalue weighted by atomic mass is 16.5. The molecule has 0 saturated carbocycles. The minimum atomic E-state index is 0.454. The van der Waals surface area contributed by atoms with Gasteiger partial charge in [-0.3, -0.25) is 0 Å². The molecule has 4 aromatic rings. The molecule has 0 aromatic heterocycles. The minimum Gasteiger partial charge on any atom is -0.594 e. The summed E-state index contributed by atoms with van der Waals surface area (Å²) >= 11 is 0. The Hall–Kier alpha value is -5.44. The summed E-state index contributed by atoms with van der Waals surface area (Å²) in [6.45, 7) is 17.5. The number of unbranched alkanes of at least 4 members (excludes halogenated alkanes) is 42. The van der Waals surface area contributed by atoms with Gasteiger partial charge in [0.15, 0.2) is 23.0 Å². The van der Waals surface area contributed by atoms with Crippen LogP contribution in [0.3, 0.4) is 0 Å². The highest BCUT2D eigenvalue weighted by Gasteiger charge is 2.20. The Morgan fingerprint density at radius 2 is 0.495 bits per heavy atom. The number of nitrogens with zero attached hydrogens (tertiary/aromatic N) is 2. The molecule has 0 amide bonds. The third-order valence-electron chi connectivity index (χ3n) is 18.8. The Morgan fingerprint density at radius 3 is 0.773 bits per heavy atom. The second kappa shape index (κ2) is 59.4. The van der Waals surface area contributed by atoms with Crippen LogP contribution in [0, 0.1) is 5.21 Å². The fourth-order valence-electron chi connectivity index (χ4n) is 12.6. The summed E-state index contributed by atoms with van der Waals surface area (Å²) in [7, 11) is 0. The molecule has 0 spiro atoms. The molecular weight excluding hydrogens is 1200 g/mol. The van der Waals surface area contributed by atoms with Gasteiger partial charge in [-0.1, -0.05) is 353 Å². The molecule has 0 heterocycles. The van der Waals surface area contributed by atoms with Gasteiger partial charge >= 0.3 is 0 Å². The number of benzene rings is 4. The van der Waals surface area contributed by atoms with Crippen molar-refractivity contribution >= 4 is 35.7 Å². The third kappa shape index (κ3) is 40.4. The highest BCUT2D eigenvalue weighted by Crippen LogP contribution is 2.44. The minimum absolute atomic E-state index is 0.454. The van der Waals surface area contributed by atoms with E-state index in [-0.39, 0.29) is 0 Å². The van der Waals surface area contributed by atoms with E-state index >= 15 is 0 Å². The second-order valence-corrected chi connectivity index (χ2v) is 27.8. The molecule has 97 heavy (non-hydrogen) atoms. The normalized spacial score (nSPS) is 11.8. The van der Waals surface area contributed by atoms with Crippen LogP contribution in [0.4, 0.5) is 11.4 Å². The maximum Gasteiger partial charge on any atom is 0.244 e. The van der Waals surface area contributed by atoms with Crippen molar-refractivity contribution in [2.75, 3.05) is 39.6 Å². The van der Waals surface area contributed by atoms with E-state index < -0.39 is 0 Å². The molecular formula is C88H142N2O7. The van der Waals surface area contributed by atoms with E-state index in [1.807, 2.05) is 48.5 Å². The number of ether oxygens (including phenoxy) is 6. The van der Waals surface area contributed by atoms with E-state index in [9.17, 15) is 5.21 Å². The van der Waals surface area contributed by atoms with E-state index in [2.05, 4.69) is 95.2 Å². The van der Waals surface area contributed by atoms with E-state index in [0.29, 0.717) is 55.9 Å². The van der Waals surface area contributed by atoms with Gasteiger partial charge < -0.3 is 33.6 Å². The number of rotatable bonds is 66. The van der Waals surface area contributed by atoms with Gasteiger partial charge in [0.05, 0.1) is 39.6 Å². The van der Waals surface area contributed by atoms with Crippen LogP contribution in [0.5, 0.6) is 34.5 Å². The van der Waals surface area contributed by atoms with Gasteiger partial charge in [-0.2, -0.15) is 0 Å². The summed E-state index contributed by atoms with van der Waals surface area (Å²) in [5.41, 5.74) is 4.89. The van der Waals surface area contributed by atoms with Crippen LogP contribution < -0.4 is 28.4 Å². The molecule has 0 N–H and O–H groups in total. The maximum absolute atomic E-state index is 13.7. The molecule has 0 unspecified atom stereocenters. The molecule has 4 aromatic carbocycles. The van der Waals surface area contributed by atoms with E-state index in [1.165, 1.54) is 244 Å². The Labute approximate surface area is 595 Å². The SMILES string of the molecule is CCCCCCCCCCOc1ccc(/C=C/c2ccc(N=[N+]([O-])c3ccc(/C=C/c4ccc(OCCCCCCCCCC)c(OCCCCCCCCCC)c4OCCCCCCCCCC)cc3)cc2)c(OCCCCCCCCCC)c1OCCCCCCCCCC. The quantitative estimate of drug-likeness (QED) is 0.0143. The summed E-state index contributed by atoms with van der Waals surface area (Å²) in [6, 6.07) is 23.8. The van der Waals surface area contributed by atoms with Crippen LogP contribution >= 0.6 is 0 Å². The maximum atomic E-state index is 13.7. The largest absolute Gasteiger partial charge is 0.594 e. The average Bonchev–Trinajstić information content (AvgIpc) is 0.843. The molecule has 0 saturated heterocycles. The highest BCUT2D eigenvalue weighted by molar-refractivity contribution is 5.77. The Bertz CT molecular complexity index is 2570. The molecule has 9 heteroatoms. The number of hydrogen-bond donors (Lipinski definition) is 0. The van der Waals surface area contributed by atoms with Crippen molar-refractivity contribution in [3.05, 3.63) is 100 Å². The predicted octanol–water partition coefficient (Wildman–Crippen LogP) is 29.1. The number of azo groups is 1. The molecule has 0 radical (unpaired) electrons. The van der Waals surface area contributed by atoms with Gasteiger partial charge in [0, 0.05) is 28.4 Å². The molecule has 0 aliphatic carbocycles. The van der Waals surface area contributed by atoms with E-state index in [0.717, 1.165) is 121 Å². The summed E-state index contributed by atoms with van der Waals surface area (Å²) in [5, 5.41) is 18.2. The van der Waals surface area contributed by atoms with Gasteiger partial charge in [0.2, 0.25) is 17.2 Å². The van der Waals surface area contributed by atoms with Crippen molar-refractivity contribution in [2.45, 2.75) is 350 Å². The van der Waals surface area contributed by atoms with Gasteiger partial charge in [0.25, 0.3) is 0 Å². The predicted molar refractivity (Wildman–Crippen MR) is 418 cm³/mol. The lowest BCUT2D eigenvalue weighted by Gasteiger charge is -2.19. The molecule has 0 aliphatic heterocycles. The molecule has 0 fully saturated rings. The van der Waals surface area contributed by atoms with Crippen molar-refractivity contribution in [2.24, 2.45) is 5.11 Å². The lowest BCUT2D eigenvalue weighted by atomic mass is 10.1. The van der Waals surface area contributed by atoms with Crippen LogP contribution in [0.2, 0.25) is 0 Å². The summed E-state index contributed by atoms with van der Waals surface area (Å²) in [4.78, 5) is 0.710. The van der Waals surface area contributed by atoms with E-state index in [4.69, 9.17) is 28.4 Å². The monoisotopic (exact) mass is 1340 g/mol. The van der Waals surface area contributed by atoms with E-state index in [1.54, 1.807) is 0 Å². The fourth-order valence-corrected chi connectivity index (χ4v) is 12.6. The first-order chi connectivity index (χ1) is 48.0. The summed E-state index contributed by atoms with van der Waals surface area (Å²) in [5.74, 6) is 4.50. The molecule has 0 atom stereocenters. The fraction of sp³-hybridized carbons (Fsp3) is 0.682. The number of hydrogen-bond acceptors (Lipinski definition) is 8. The lowest BCUT2D eigenvalue weighted by Crippen LogP contribution is -2.07. The van der Waals surface area contributed by atoms with Crippen LogP contribution in [-0.4, -0.2) is 44.5 Å². The zero-order valence-corrected chi connectivity index (χ0v) is 63.2. The Kier molecular flexibility index (Phi) is 51.4. The topological polar surface area (TPSA) is 93.8 Å². The first-order valence-corrected chi connectivity index (χ1v) is 40.8. The Balaban J connectivity index is 1.53. The van der Waals surface area contributed by atoms with Crippen molar-refractivity contribution in [3.63, 3.8) is 0 Å². The van der Waals surface area contributed by atoms with Gasteiger partial charge in [-0.25, -0.2) is 0 Å². The van der Waals surface area contributed by atoms with Crippen molar-refractivity contribution < 1.29 is 33.3 Å². The zero-order chi connectivity index (χ0) is 69.0. The first kappa shape index (κ1) is 84.0. The van der Waals surface area contributed by atoms with Gasteiger partial charge in [-0.15, -0.1) is 0 Å². The van der Waals surface area contributed by atoms with Crippen LogP contribution in [-0.2, 0) is 0 Å². The van der Waals surface area contributed by atoms with Crippen molar-refractivity contribution in [3.8, 4) is 34.5 Å². The summed E-state index contributed by atoms with van der Waals surface area (Å²) in [6.07, 6.45) is 68.2. The lowest BCUT2D eigenvalue weighted by molar-refractivity contribution is -0.435. The standard InChI is InChI=1S/C88H142N2O7/c1-7-13-19-25-31-37-43-49-71-92-83-69-63-79(85(94-73-51-45-39-33-27-21-15-9-3)87(83)96-75-53-47-41-35-29-23-17-11-5)61-55-77-57-65-81(66-58-77)89-90(91)82-67-59-78(60-68-82)56-62-80-64-70-84(93-72-50-44-38-32-26-20-14-8-2)88(97-76-54-48-42-36-30-24-18-12-6)86(80)95-74-52-46-40-34-28-22-16-10-4/h55-70H,7-54,71-76H2,1-6H3/b61-55+,62-56+,90-89?. The Morgan fingerprint density at radius 1 is 0.258 bits per heavy atom. The van der Waals surface area contributed by atoms with Gasteiger partial charge in [0.1, 0.15) is 5.69 Å². The van der Waals surface area contributed by atoms with Crippen molar-refractivity contribution in [1.82, 2.24) is 0 Å². The third-order valence-corrected chi connectivity index (χ3v) is 18.8. The molecule has 0 aliphatic rings. The molecule has 9 nitrogen and oxygen atoms in total. The van der Waals surface area contributed by atoms with Crippen LogP contribution in [0.1, 0.15) is 372 Å². The van der Waals surface area contributed by atoms with Crippen LogP contribution in [0.15, 0.2) is 77.9 Å². The molecule has 4 rings (SSSR count). The smallest absolute Gasteiger partial charge is 0.244 e. The van der Waals surface area contributed by atoms with Gasteiger partial charge in [-0.05, 0) is 98.2 Å². The second-order valence-electron chi connectivity index (χ2n) is 27.8. The first-order valence-electron chi connectivity index (χ1n) is 40.8. The summed E-state index contributed by atoms with van der Waals surface area (Å²) < 4.78 is 40.2. The van der Waals surface area contributed by atoms with Crippen LogP contribution in [0.25, 0.3) is 24.3 Å². The van der Waals surface area contributed by atoms with Crippen molar-refractivity contribution in [1.29, 1.82) is 0 Å². The zero-order valence-electron chi connectivity index (χ0n) is 63.2. The molecule has 546 valence electrons.